The number of benzene rings is 2. The van der Waals surface area contributed by atoms with Gasteiger partial charge in [0, 0.05) is 17.1 Å². The smallest absolute Gasteiger partial charge is 0.305 e. The summed E-state index contributed by atoms with van der Waals surface area (Å²) in [5, 5.41) is 0. The topological polar surface area (TPSA) is 35.5 Å². The van der Waals surface area contributed by atoms with Gasteiger partial charge in [-0.15, -0.1) is 11.8 Å². The lowest BCUT2D eigenvalue weighted by atomic mass is 9.98. The molecule has 0 spiro atoms. The summed E-state index contributed by atoms with van der Waals surface area (Å²) in [6.07, 6.45) is 3.63. The molecule has 0 aliphatic heterocycles. The summed E-state index contributed by atoms with van der Waals surface area (Å²) in [4.78, 5) is 12.9. The highest BCUT2D eigenvalue weighted by Crippen LogP contribution is 2.27. The zero-order valence-corrected chi connectivity index (χ0v) is 15.8. The van der Waals surface area contributed by atoms with Gasteiger partial charge < -0.3 is 9.47 Å². The molecule has 0 saturated carbocycles. The molecule has 0 aliphatic rings. The fourth-order valence-corrected chi connectivity index (χ4v) is 3.73. The van der Waals surface area contributed by atoms with Crippen LogP contribution in [-0.2, 0) is 16.0 Å². The number of hydrogen-bond acceptors (Lipinski definition) is 4. The molecule has 0 fully saturated rings. The Morgan fingerprint density at radius 3 is 2.40 bits per heavy atom. The third-order valence-corrected chi connectivity index (χ3v) is 5.39. The molecule has 134 valence electrons. The van der Waals surface area contributed by atoms with Crippen molar-refractivity contribution in [2.24, 2.45) is 5.92 Å². The van der Waals surface area contributed by atoms with Crippen molar-refractivity contribution in [3.05, 3.63) is 60.2 Å². The van der Waals surface area contributed by atoms with E-state index in [4.69, 9.17) is 9.47 Å². The summed E-state index contributed by atoms with van der Waals surface area (Å²) < 4.78 is 10.0. The average Bonchev–Trinajstić information content (AvgIpc) is 2.67. The first kappa shape index (κ1) is 19.4. The molecule has 3 nitrogen and oxygen atoms in total. The van der Waals surface area contributed by atoms with E-state index in [1.54, 1.807) is 18.9 Å². The summed E-state index contributed by atoms with van der Waals surface area (Å²) >= 11 is 1.78. The molecule has 0 bridgehead atoms. The van der Waals surface area contributed by atoms with Crippen molar-refractivity contribution in [3.8, 4) is 5.75 Å². The average molecular weight is 359 g/mol. The molecule has 4 heteroatoms. The Morgan fingerprint density at radius 2 is 1.76 bits per heavy atom. The lowest BCUT2D eigenvalue weighted by Gasteiger charge is -2.15. The van der Waals surface area contributed by atoms with E-state index < -0.39 is 0 Å². The van der Waals surface area contributed by atoms with Crippen LogP contribution in [0.2, 0.25) is 0 Å². The van der Waals surface area contributed by atoms with Gasteiger partial charge in [-0.3, -0.25) is 4.79 Å². The summed E-state index contributed by atoms with van der Waals surface area (Å²) in [7, 11) is 3.13. The molecule has 0 saturated heterocycles. The summed E-state index contributed by atoms with van der Waals surface area (Å²) in [6.45, 7) is 0. The Labute approximate surface area is 154 Å². The van der Waals surface area contributed by atoms with E-state index in [0.29, 0.717) is 12.3 Å². The van der Waals surface area contributed by atoms with Gasteiger partial charge in [0.1, 0.15) is 5.75 Å². The minimum atomic E-state index is -0.125. The molecule has 0 heterocycles. The van der Waals surface area contributed by atoms with Gasteiger partial charge in [0.15, 0.2) is 0 Å². The Balaban J connectivity index is 1.84. The number of carbonyl (C=O) groups is 1. The van der Waals surface area contributed by atoms with E-state index in [1.165, 1.54) is 17.6 Å². The molecule has 2 aromatic rings. The standard InChI is InChI=1S/C21H26O3S/c1-23-19-11-13-20(14-12-19)25-16-18(15-21(22)24-2)10-6-9-17-7-4-3-5-8-17/h3-5,7-8,11-14,18H,6,9-10,15-16H2,1-2H3. The van der Waals surface area contributed by atoms with Crippen LogP contribution in [0, 0.1) is 5.92 Å². The number of carbonyl (C=O) groups excluding carboxylic acids is 1. The normalized spacial score (nSPS) is 11.8. The SMILES string of the molecule is COC(=O)CC(CCCc1ccccc1)CSc1ccc(OC)cc1. The van der Waals surface area contributed by atoms with Crippen molar-refractivity contribution in [3.63, 3.8) is 0 Å². The van der Waals surface area contributed by atoms with E-state index in [1.807, 2.05) is 18.2 Å². The van der Waals surface area contributed by atoms with Crippen molar-refractivity contribution in [2.45, 2.75) is 30.6 Å². The predicted molar refractivity (Wildman–Crippen MR) is 103 cm³/mol. The van der Waals surface area contributed by atoms with Crippen LogP contribution in [0.25, 0.3) is 0 Å². The first-order chi connectivity index (χ1) is 12.2. The maximum atomic E-state index is 11.7. The minimum absolute atomic E-state index is 0.125. The lowest BCUT2D eigenvalue weighted by Crippen LogP contribution is -2.12. The van der Waals surface area contributed by atoms with Crippen LogP contribution in [0.4, 0.5) is 0 Å². The first-order valence-corrected chi connectivity index (χ1v) is 9.57. The predicted octanol–water partition coefficient (Wildman–Crippen LogP) is 4.99. The number of hydrogen-bond donors (Lipinski definition) is 0. The number of esters is 1. The highest BCUT2D eigenvalue weighted by Gasteiger charge is 2.15. The van der Waals surface area contributed by atoms with Crippen LogP contribution in [0.1, 0.15) is 24.8 Å². The maximum absolute atomic E-state index is 11.7. The highest BCUT2D eigenvalue weighted by molar-refractivity contribution is 7.99. The van der Waals surface area contributed by atoms with E-state index in [9.17, 15) is 4.79 Å². The quantitative estimate of drug-likeness (QED) is 0.443. The molecular weight excluding hydrogens is 332 g/mol. The molecule has 0 aromatic heterocycles. The zero-order valence-electron chi connectivity index (χ0n) is 14.9. The van der Waals surface area contributed by atoms with Gasteiger partial charge in [-0.2, -0.15) is 0 Å². The van der Waals surface area contributed by atoms with Crippen LogP contribution in [0.5, 0.6) is 5.75 Å². The van der Waals surface area contributed by atoms with Gasteiger partial charge in [0.05, 0.1) is 14.2 Å². The van der Waals surface area contributed by atoms with Crippen molar-refractivity contribution in [2.75, 3.05) is 20.0 Å². The zero-order chi connectivity index (χ0) is 17.9. The molecule has 0 amide bonds. The van der Waals surface area contributed by atoms with Crippen molar-refractivity contribution < 1.29 is 14.3 Å². The number of ether oxygens (including phenoxy) is 2. The number of aryl methyl sites for hydroxylation is 1. The first-order valence-electron chi connectivity index (χ1n) is 8.59. The van der Waals surface area contributed by atoms with Crippen LogP contribution < -0.4 is 4.74 Å². The summed E-state index contributed by atoms with van der Waals surface area (Å²) in [5.41, 5.74) is 1.35. The Bertz CT molecular complexity index is 625. The third kappa shape index (κ3) is 7.22. The Hall–Kier alpha value is -1.94. The molecule has 2 rings (SSSR count). The second-order valence-electron chi connectivity index (χ2n) is 6.01. The fourth-order valence-electron chi connectivity index (χ4n) is 2.69. The second kappa shape index (κ2) is 10.8. The number of thioether (sulfide) groups is 1. The Morgan fingerprint density at radius 1 is 1.04 bits per heavy atom. The van der Waals surface area contributed by atoms with Crippen molar-refractivity contribution in [1.29, 1.82) is 0 Å². The van der Waals surface area contributed by atoms with Gasteiger partial charge >= 0.3 is 5.97 Å². The van der Waals surface area contributed by atoms with Gasteiger partial charge in [-0.05, 0) is 55.0 Å². The molecule has 0 aliphatic carbocycles. The van der Waals surface area contributed by atoms with E-state index >= 15 is 0 Å². The van der Waals surface area contributed by atoms with E-state index in [-0.39, 0.29) is 5.97 Å². The monoisotopic (exact) mass is 358 g/mol. The highest BCUT2D eigenvalue weighted by atomic mass is 32.2. The lowest BCUT2D eigenvalue weighted by molar-refractivity contribution is -0.141. The molecule has 1 atom stereocenters. The molecule has 0 radical (unpaired) electrons. The van der Waals surface area contributed by atoms with Crippen LogP contribution in [0.3, 0.4) is 0 Å². The summed E-state index contributed by atoms with van der Waals surface area (Å²) in [5.74, 6) is 1.97. The van der Waals surface area contributed by atoms with E-state index in [2.05, 4.69) is 36.4 Å². The largest absolute Gasteiger partial charge is 0.497 e. The van der Waals surface area contributed by atoms with Crippen molar-refractivity contribution >= 4 is 17.7 Å². The van der Waals surface area contributed by atoms with Gasteiger partial charge in [-0.1, -0.05) is 30.3 Å². The molecule has 0 N–H and O–H groups in total. The van der Waals surface area contributed by atoms with Gasteiger partial charge in [0.2, 0.25) is 0 Å². The van der Waals surface area contributed by atoms with E-state index in [0.717, 1.165) is 30.8 Å². The Kier molecular flexibility index (Phi) is 8.40. The second-order valence-corrected chi connectivity index (χ2v) is 7.10. The minimum Gasteiger partial charge on any atom is -0.497 e. The van der Waals surface area contributed by atoms with Gasteiger partial charge in [0.25, 0.3) is 0 Å². The molecule has 1 unspecified atom stereocenters. The molecule has 25 heavy (non-hydrogen) atoms. The van der Waals surface area contributed by atoms with Crippen LogP contribution in [-0.4, -0.2) is 25.9 Å². The number of methoxy groups -OCH3 is 2. The third-order valence-electron chi connectivity index (χ3n) is 4.15. The van der Waals surface area contributed by atoms with Crippen LogP contribution >= 0.6 is 11.8 Å². The number of rotatable bonds is 10. The maximum Gasteiger partial charge on any atom is 0.305 e. The summed E-state index contributed by atoms with van der Waals surface area (Å²) in [6, 6.07) is 18.5. The molecule has 2 aromatic carbocycles. The van der Waals surface area contributed by atoms with Crippen LogP contribution in [0.15, 0.2) is 59.5 Å². The van der Waals surface area contributed by atoms with Gasteiger partial charge in [-0.25, -0.2) is 0 Å². The molecular formula is C21H26O3S. The van der Waals surface area contributed by atoms with Crippen molar-refractivity contribution in [1.82, 2.24) is 0 Å². The fraction of sp³-hybridized carbons (Fsp3) is 0.381.